The largest absolute Gasteiger partial charge is 0.452 e. The fourth-order valence-corrected chi connectivity index (χ4v) is 3.23. The molecule has 0 atom stereocenters. The second-order valence-electron chi connectivity index (χ2n) is 6.77. The maximum Gasteiger partial charge on any atom is 0.343 e. The molecule has 6 nitrogen and oxygen atoms in total. The van der Waals surface area contributed by atoms with Crippen LogP contribution in [0.5, 0.6) is 0 Å². The first-order chi connectivity index (χ1) is 13.9. The van der Waals surface area contributed by atoms with E-state index in [1.165, 1.54) is 0 Å². The van der Waals surface area contributed by atoms with Gasteiger partial charge in [0.25, 0.3) is 5.91 Å². The molecule has 0 fully saturated rings. The number of carbonyl (C=O) groups is 2. The van der Waals surface area contributed by atoms with Gasteiger partial charge in [0, 0.05) is 5.69 Å². The van der Waals surface area contributed by atoms with E-state index in [1.807, 2.05) is 56.3 Å². The molecule has 0 aliphatic carbocycles. The van der Waals surface area contributed by atoms with Crippen LogP contribution in [0.15, 0.2) is 48.5 Å². The van der Waals surface area contributed by atoms with Crippen molar-refractivity contribution in [1.29, 1.82) is 0 Å². The summed E-state index contributed by atoms with van der Waals surface area (Å²) in [7, 11) is 0. The molecule has 29 heavy (non-hydrogen) atoms. The third-order valence-electron chi connectivity index (χ3n) is 4.66. The fourth-order valence-electron chi connectivity index (χ4n) is 2.92. The quantitative estimate of drug-likeness (QED) is 0.613. The Kier molecular flexibility index (Phi) is 6.34. The van der Waals surface area contributed by atoms with Crippen molar-refractivity contribution in [3.05, 3.63) is 81.6 Å². The average molecular weight is 412 g/mol. The van der Waals surface area contributed by atoms with Gasteiger partial charge in [-0.3, -0.25) is 4.79 Å². The highest BCUT2D eigenvalue weighted by atomic mass is 35.5. The van der Waals surface area contributed by atoms with Crippen molar-refractivity contribution in [2.45, 2.75) is 27.3 Å². The van der Waals surface area contributed by atoms with E-state index in [9.17, 15) is 9.59 Å². The number of benzene rings is 2. The molecule has 0 aliphatic heterocycles. The van der Waals surface area contributed by atoms with Crippen LogP contribution in [0.4, 0.5) is 5.69 Å². The number of amides is 1. The molecule has 0 aliphatic rings. The molecule has 2 aromatic carbocycles. The van der Waals surface area contributed by atoms with E-state index >= 15 is 0 Å². The number of nitrogens with zero attached hydrogens (tertiary/aromatic N) is 2. The average Bonchev–Trinajstić information content (AvgIpc) is 2.97. The number of esters is 1. The van der Waals surface area contributed by atoms with Crippen LogP contribution < -0.4 is 5.32 Å². The van der Waals surface area contributed by atoms with Gasteiger partial charge < -0.3 is 10.1 Å². The summed E-state index contributed by atoms with van der Waals surface area (Å²) in [6.45, 7) is 5.58. The minimum Gasteiger partial charge on any atom is -0.452 e. The predicted octanol–water partition coefficient (Wildman–Crippen LogP) is 4.31. The van der Waals surface area contributed by atoms with E-state index in [2.05, 4.69) is 10.4 Å². The monoisotopic (exact) mass is 411 g/mol. The van der Waals surface area contributed by atoms with Gasteiger partial charge in [-0.05, 0) is 43.5 Å². The first kappa shape index (κ1) is 20.6. The Morgan fingerprint density at radius 1 is 1.07 bits per heavy atom. The zero-order valence-electron chi connectivity index (χ0n) is 16.5. The summed E-state index contributed by atoms with van der Waals surface area (Å²) in [5.41, 5.74) is 4.34. The Labute approximate surface area is 174 Å². The van der Waals surface area contributed by atoms with E-state index in [0.717, 1.165) is 16.7 Å². The summed E-state index contributed by atoms with van der Waals surface area (Å²) >= 11 is 6.36. The zero-order valence-corrected chi connectivity index (χ0v) is 17.3. The molecule has 3 aromatic rings. The molecule has 1 N–H and O–H groups in total. The number of aryl methyl sites for hydroxylation is 2. The van der Waals surface area contributed by atoms with E-state index in [-0.39, 0.29) is 10.7 Å². The lowest BCUT2D eigenvalue weighted by Gasteiger charge is -2.10. The summed E-state index contributed by atoms with van der Waals surface area (Å²) in [5.74, 6) is -1.10. The van der Waals surface area contributed by atoms with Crippen molar-refractivity contribution >= 4 is 29.2 Å². The Bertz CT molecular complexity index is 1040. The molecule has 1 heterocycles. The van der Waals surface area contributed by atoms with E-state index in [4.69, 9.17) is 16.3 Å². The van der Waals surface area contributed by atoms with Gasteiger partial charge in [-0.1, -0.05) is 54.1 Å². The lowest BCUT2D eigenvalue weighted by Crippen LogP contribution is -2.21. The van der Waals surface area contributed by atoms with Crippen LogP contribution in [0.1, 0.15) is 32.7 Å². The maximum atomic E-state index is 12.5. The van der Waals surface area contributed by atoms with Gasteiger partial charge in [0.15, 0.2) is 6.61 Å². The topological polar surface area (TPSA) is 73.2 Å². The van der Waals surface area contributed by atoms with Crippen LogP contribution in [0.25, 0.3) is 0 Å². The van der Waals surface area contributed by atoms with Gasteiger partial charge >= 0.3 is 5.97 Å². The van der Waals surface area contributed by atoms with Gasteiger partial charge in [0.05, 0.1) is 12.2 Å². The van der Waals surface area contributed by atoms with Crippen LogP contribution in [0, 0.1) is 20.8 Å². The Balaban J connectivity index is 1.65. The molecule has 150 valence electrons. The highest BCUT2D eigenvalue weighted by molar-refractivity contribution is 6.32. The summed E-state index contributed by atoms with van der Waals surface area (Å²) < 4.78 is 6.71. The first-order valence-electron chi connectivity index (χ1n) is 9.17. The molecule has 0 spiro atoms. The minimum atomic E-state index is -0.678. The number of halogens is 1. The lowest BCUT2D eigenvalue weighted by molar-refractivity contribution is -0.119. The maximum absolute atomic E-state index is 12.5. The van der Waals surface area contributed by atoms with E-state index in [1.54, 1.807) is 17.7 Å². The Morgan fingerprint density at radius 3 is 2.52 bits per heavy atom. The Hall–Kier alpha value is -3.12. The van der Waals surface area contributed by atoms with E-state index in [0.29, 0.717) is 17.9 Å². The van der Waals surface area contributed by atoms with Gasteiger partial charge in [0.1, 0.15) is 10.7 Å². The molecule has 0 saturated heterocycles. The van der Waals surface area contributed by atoms with Gasteiger partial charge in [0.2, 0.25) is 0 Å². The van der Waals surface area contributed by atoms with Crippen LogP contribution >= 0.6 is 11.6 Å². The summed E-state index contributed by atoms with van der Waals surface area (Å²) in [5, 5.41) is 7.27. The summed E-state index contributed by atoms with van der Waals surface area (Å²) in [6, 6.07) is 15.3. The standard InChI is InChI=1S/C22H22ClN3O3/c1-14-8-7-11-18(15(14)2)24-19(27)13-29-22(28)20-16(3)25-26(21(20)23)12-17-9-5-4-6-10-17/h4-11H,12-13H2,1-3H3,(H,24,27). The highest BCUT2D eigenvalue weighted by Crippen LogP contribution is 2.22. The number of hydrogen-bond acceptors (Lipinski definition) is 4. The highest BCUT2D eigenvalue weighted by Gasteiger charge is 2.22. The molecule has 1 aromatic heterocycles. The normalized spacial score (nSPS) is 10.6. The van der Waals surface area contributed by atoms with Crippen molar-refractivity contribution in [2.24, 2.45) is 0 Å². The smallest absolute Gasteiger partial charge is 0.343 e. The number of nitrogens with one attached hydrogen (secondary N) is 1. The molecule has 0 saturated carbocycles. The fraction of sp³-hybridized carbons (Fsp3) is 0.227. The van der Waals surface area contributed by atoms with Crippen molar-refractivity contribution in [3.63, 3.8) is 0 Å². The number of anilines is 1. The Morgan fingerprint density at radius 2 is 1.79 bits per heavy atom. The number of aromatic nitrogens is 2. The van der Waals surface area contributed by atoms with Crippen molar-refractivity contribution in [2.75, 3.05) is 11.9 Å². The van der Waals surface area contributed by atoms with Crippen molar-refractivity contribution < 1.29 is 14.3 Å². The van der Waals surface area contributed by atoms with Crippen LogP contribution in [-0.2, 0) is 16.1 Å². The SMILES string of the molecule is Cc1cccc(NC(=O)COC(=O)c2c(C)nn(Cc3ccccc3)c2Cl)c1C. The number of hydrogen-bond donors (Lipinski definition) is 1. The third kappa shape index (κ3) is 4.84. The number of carbonyl (C=O) groups excluding carboxylic acids is 2. The molecule has 0 unspecified atom stereocenters. The van der Waals surface area contributed by atoms with E-state index < -0.39 is 18.5 Å². The third-order valence-corrected chi connectivity index (χ3v) is 5.04. The molecule has 0 bridgehead atoms. The second-order valence-corrected chi connectivity index (χ2v) is 7.12. The molecule has 0 radical (unpaired) electrons. The van der Waals surface area contributed by atoms with Crippen molar-refractivity contribution in [1.82, 2.24) is 9.78 Å². The second kappa shape index (κ2) is 8.92. The van der Waals surface area contributed by atoms with Crippen LogP contribution in [-0.4, -0.2) is 28.3 Å². The predicted molar refractivity (Wildman–Crippen MR) is 112 cm³/mol. The molecule has 7 heteroatoms. The molecule has 1 amide bonds. The van der Waals surface area contributed by atoms with Gasteiger partial charge in [-0.2, -0.15) is 5.10 Å². The lowest BCUT2D eigenvalue weighted by atomic mass is 10.1. The van der Waals surface area contributed by atoms with Crippen molar-refractivity contribution in [3.8, 4) is 0 Å². The first-order valence-corrected chi connectivity index (χ1v) is 9.54. The van der Waals surface area contributed by atoms with Gasteiger partial charge in [-0.25, -0.2) is 9.48 Å². The number of ether oxygens (including phenoxy) is 1. The van der Waals surface area contributed by atoms with Crippen LogP contribution in [0.2, 0.25) is 5.15 Å². The summed E-state index contributed by atoms with van der Waals surface area (Å²) in [6.07, 6.45) is 0. The molecule has 3 rings (SSSR count). The molecular formula is C22H22ClN3O3. The van der Waals surface area contributed by atoms with Gasteiger partial charge in [-0.15, -0.1) is 0 Å². The van der Waals surface area contributed by atoms with Crippen LogP contribution in [0.3, 0.4) is 0 Å². The molecular weight excluding hydrogens is 390 g/mol. The number of rotatable bonds is 6. The minimum absolute atomic E-state index is 0.169. The zero-order chi connectivity index (χ0) is 21.0. The summed E-state index contributed by atoms with van der Waals surface area (Å²) in [4.78, 5) is 24.7.